The molecule has 0 bridgehead atoms. The summed E-state index contributed by atoms with van der Waals surface area (Å²) in [5.41, 5.74) is 0.956. The van der Waals surface area contributed by atoms with Gasteiger partial charge in [-0.15, -0.1) is 0 Å². The maximum Gasteiger partial charge on any atom is 0.135 e. The molecule has 1 aromatic carbocycles. The minimum absolute atomic E-state index is 0.727. The Labute approximate surface area is 96.8 Å². The van der Waals surface area contributed by atoms with Gasteiger partial charge in [-0.05, 0) is 37.1 Å². The van der Waals surface area contributed by atoms with E-state index in [0.29, 0.717) is 0 Å². The summed E-state index contributed by atoms with van der Waals surface area (Å²) in [5.74, 6) is 1.02. The lowest BCUT2D eigenvalue weighted by Crippen LogP contribution is -2.14. The first-order valence-corrected chi connectivity index (χ1v) is 6.02. The lowest BCUT2D eigenvalue weighted by Gasteiger charge is -1.96. The van der Waals surface area contributed by atoms with E-state index in [2.05, 4.69) is 33.4 Å². The topological polar surface area (TPSA) is 25.2 Å². The maximum atomic E-state index is 5.73. The molecule has 0 radical (unpaired) electrons. The number of fused-ring (bicyclic) bond motifs is 1. The lowest BCUT2D eigenvalue weighted by molar-refractivity contribution is 0.512. The number of rotatable bonds is 3. The molecule has 0 saturated heterocycles. The van der Waals surface area contributed by atoms with E-state index in [-0.39, 0.29) is 0 Å². The number of hydrogen-bond acceptors (Lipinski definition) is 2. The van der Waals surface area contributed by atoms with Crippen molar-refractivity contribution in [2.24, 2.45) is 0 Å². The fourth-order valence-corrected chi connectivity index (χ4v) is 2.02. The molecule has 0 atom stereocenters. The quantitative estimate of drug-likeness (QED) is 0.920. The number of nitrogens with one attached hydrogen (secondary N) is 1. The first kappa shape index (κ1) is 9.43. The van der Waals surface area contributed by atoms with Crippen molar-refractivity contribution in [3.8, 4) is 0 Å². The van der Waals surface area contributed by atoms with Gasteiger partial charge < -0.3 is 9.73 Å². The van der Waals surface area contributed by atoms with Crippen LogP contribution in [0.15, 0.2) is 33.2 Å². The number of furan rings is 1. The molecule has 1 aliphatic rings. The zero-order valence-corrected chi connectivity index (χ0v) is 9.88. The molecule has 1 aliphatic carbocycles. The standard InChI is InChI=1S/C12H12BrNO/c13-9-2-1-8-5-11(15-12(8)6-9)7-14-10-3-4-10/h1-2,5-6,10,14H,3-4,7H2. The van der Waals surface area contributed by atoms with Crippen molar-refractivity contribution in [2.75, 3.05) is 0 Å². The summed E-state index contributed by atoms with van der Waals surface area (Å²) in [6.45, 7) is 0.844. The second-order valence-corrected chi connectivity index (χ2v) is 4.97. The number of hydrogen-bond donors (Lipinski definition) is 1. The van der Waals surface area contributed by atoms with Gasteiger partial charge in [0.1, 0.15) is 11.3 Å². The van der Waals surface area contributed by atoms with Crippen LogP contribution in [0.4, 0.5) is 0 Å². The largest absolute Gasteiger partial charge is 0.460 e. The predicted molar refractivity (Wildman–Crippen MR) is 63.8 cm³/mol. The molecule has 1 aromatic heterocycles. The summed E-state index contributed by atoms with van der Waals surface area (Å²) >= 11 is 3.44. The Morgan fingerprint density at radius 2 is 2.20 bits per heavy atom. The molecule has 0 amide bonds. The molecule has 3 rings (SSSR count). The van der Waals surface area contributed by atoms with Crippen molar-refractivity contribution in [1.82, 2.24) is 5.32 Å². The molecular weight excluding hydrogens is 254 g/mol. The van der Waals surface area contributed by atoms with Crippen LogP contribution in [0.3, 0.4) is 0 Å². The molecular formula is C12H12BrNO. The highest BCUT2D eigenvalue weighted by Gasteiger charge is 2.20. The Morgan fingerprint density at radius 3 is 3.00 bits per heavy atom. The lowest BCUT2D eigenvalue weighted by atomic mass is 10.2. The molecule has 1 N–H and O–H groups in total. The van der Waals surface area contributed by atoms with Gasteiger partial charge in [0.25, 0.3) is 0 Å². The van der Waals surface area contributed by atoms with Crippen LogP contribution in [0.5, 0.6) is 0 Å². The Hall–Kier alpha value is -0.800. The van der Waals surface area contributed by atoms with Crippen LogP contribution in [0, 0.1) is 0 Å². The molecule has 2 nitrogen and oxygen atoms in total. The van der Waals surface area contributed by atoms with E-state index in [1.165, 1.54) is 18.2 Å². The van der Waals surface area contributed by atoms with Crippen LogP contribution in [0.2, 0.25) is 0 Å². The van der Waals surface area contributed by atoms with Gasteiger partial charge in [-0.2, -0.15) is 0 Å². The third kappa shape index (κ3) is 2.08. The minimum Gasteiger partial charge on any atom is -0.460 e. The molecule has 15 heavy (non-hydrogen) atoms. The van der Waals surface area contributed by atoms with Gasteiger partial charge in [-0.3, -0.25) is 0 Å². The van der Waals surface area contributed by atoms with Crippen LogP contribution in [-0.4, -0.2) is 6.04 Å². The van der Waals surface area contributed by atoms with E-state index >= 15 is 0 Å². The second-order valence-electron chi connectivity index (χ2n) is 4.05. The highest BCUT2D eigenvalue weighted by Crippen LogP contribution is 2.24. The summed E-state index contributed by atoms with van der Waals surface area (Å²) in [6, 6.07) is 8.96. The molecule has 3 heteroatoms. The highest BCUT2D eigenvalue weighted by molar-refractivity contribution is 9.10. The third-order valence-corrected chi connectivity index (χ3v) is 3.17. The zero-order valence-electron chi connectivity index (χ0n) is 8.29. The highest BCUT2D eigenvalue weighted by atomic mass is 79.9. The van der Waals surface area contributed by atoms with Gasteiger partial charge in [0.2, 0.25) is 0 Å². The van der Waals surface area contributed by atoms with E-state index in [1.807, 2.05) is 12.1 Å². The monoisotopic (exact) mass is 265 g/mol. The Kier molecular flexibility index (Phi) is 2.29. The van der Waals surface area contributed by atoms with Gasteiger partial charge in [-0.1, -0.05) is 15.9 Å². The normalized spacial score (nSPS) is 16.1. The number of benzene rings is 1. The summed E-state index contributed by atoms with van der Waals surface area (Å²) in [7, 11) is 0. The van der Waals surface area contributed by atoms with Gasteiger partial charge in [0.05, 0.1) is 6.54 Å². The molecule has 2 aromatic rings. The fraction of sp³-hybridized carbons (Fsp3) is 0.333. The molecule has 0 aliphatic heterocycles. The van der Waals surface area contributed by atoms with Crippen LogP contribution in [0.25, 0.3) is 11.0 Å². The van der Waals surface area contributed by atoms with E-state index in [1.54, 1.807) is 0 Å². The van der Waals surface area contributed by atoms with Gasteiger partial charge in [-0.25, -0.2) is 0 Å². The van der Waals surface area contributed by atoms with Crippen molar-refractivity contribution in [3.63, 3.8) is 0 Å². The first-order chi connectivity index (χ1) is 7.31. The first-order valence-electron chi connectivity index (χ1n) is 5.22. The SMILES string of the molecule is Brc1ccc2cc(CNC3CC3)oc2c1. The summed E-state index contributed by atoms with van der Waals surface area (Å²) in [6.07, 6.45) is 2.62. The molecule has 1 heterocycles. The summed E-state index contributed by atoms with van der Waals surface area (Å²) in [5, 5.41) is 4.62. The van der Waals surface area contributed by atoms with Crippen LogP contribution >= 0.6 is 15.9 Å². The smallest absolute Gasteiger partial charge is 0.135 e. The summed E-state index contributed by atoms with van der Waals surface area (Å²) in [4.78, 5) is 0. The van der Waals surface area contributed by atoms with E-state index in [4.69, 9.17) is 4.42 Å². The fourth-order valence-electron chi connectivity index (χ4n) is 1.68. The van der Waals surface area contributed by atoms with Gasteiger partial charge in [0.15, 0.2) is 0 Å². The van der Waals surface area contributed by atoms with Crippen LogP contribution in [0.1, 0.15) is 18.6 Å². The van der Waals surface area contributed by atoms with Crippen molar-refractivity contribution in [2.45, 2.75) is 25.4 Å². The maximum absolute atomic E-state index is 5.73. The Balaban J connectivity index is 1.84. The van der Waals surface area contributed by atoms with E-state index < -0.39 is 0 Å². The third-order valence-electron chi connectivity index (χ3n) is 2.68. The van der Waals surface area contributed by atoms with Crippen molar-refractivity contribution < 1.29 is 4.42 Å². The number of halogens is 1. The van der Waals surface area contributed by atoms with Gasteiger partial charge in [0, 0.05) is 15.9 Å². The van der Waals surface area contributed by atoms with E-state index in [0.717, 1.165) is 28.4 Å². The van der Waals surface area contributed by atoms with Crippen molar-refractivity contribution in [1.29, 1.82) is 0 Å². The van der Waals surface area contributed by atoms with Gasteiger partial charge >= 0.3 is 0 Å². The van der Waals surface area contributed by atoms with Crippen LogP contribution < -0.4 is 5.32 Å². The Bertz CT molecular complexity index is 487. The zero-order chi connectivity index (χ0) is 10.3. The molecule has 0 spiro atoms. The molecule has 1 fully saturated rings. The molecule has 0 unspecified atom stereocenters. The second kappa shape index (κ2) is 3.65. The average molecular weight is 266 g/mol. The van der Waals surface area contributed by atoms with Crippen LogP contribution in [-0.2, 0) is 6.54 Å². The van der Waals surface area contributed by atoms with Crippen molar-refractivity contribution >= 4 is 26.9 Å². The average Bonchev–Trinajstić information content (AvgIpc) is 2.95. The minimum atomic E-state index is 0.727. The Morgan fingerprint density at radius 1 is 1.33 bits per heavy atom. The predicted octanol–water partition coefficient (Wildman–Crippen LogP) is 3.45. The summed E-state index contributed by atoms with van der Waals surface area (Å²) < 4.78 is 6.80. The molecule has 78 valence electrons. The molecule has 1 saturated carbocycles. The van der Waals surface area contributed by atoms with Crippen molar-refractivity contribution in [3.05, 3.63) is 34.5 Å². The van der Waals surface area contributed by atoms with E-state index in [9.17, 15) is 0 Å².